The highest BCUT2D eigenvalue weighted by Crippen LogP contribution is 2.34. The maximum atomic E-state index is 12.2. The van der Waals surface area contributed by atoms with Crippen molar-refractivity contribution in [3.63, 3.8) is 0 Å². The van der Waals surface area contributed by atoms with Crippen molar-refractivity contribution in [3.05, 3.63) is 74.7 Å². The number of nitrogens with zero attached hydrogens (tertiary/aromatic N) is 1. The van der Waals surface area contributed by atoms with E-state index < -0.39 is 0 Å². The number of amides is 1. The van der Waals surface area contributed by atoms with Gasteiger partial charge in [0.1, 0.15) is 5.75 Å². The smallest absolute Gasteiger partial charge is 0.277 e. The summed E-state index contributed by atoms with van der Waals surface area (Å²) in [5, 5.41) is 6.45. The first-order valence-electron chi connectivity index (χ1n) is 9.06. The van der Waals surface area contributed by atoms with Crippen molar-refractivity contribution in [1.82, 2.24) is 5.43 Å². The van der Waals surface area contributed by atoms with Gasteiger partial charge in [0.15, 0.2) is 6.61 Å². The number of carbonyl (C=O) groups is 1. The second-order valence-corrected chi connectivity index (χ2v) is 8.34. The van der Waals surface area contributed by atoms with Crippen molar-refractivity contribution in [2.45, 2.75) is 19.3 Å². The highest BCUT2D eigenvalue weighted by Gasteiger charge is 2.15. The fraction of sp³-hybridized carbons (Fsp3) is 0.182. The highest BCUT2D eigenvalue weighted by molar-refractivity contribution is 9.11. The number of rotatable bonds is 4. The van der Waals surface area contributed by atoms with E-state index in [9.17, 15) is 4.79 Å². The van der Waals surface area contributed by atoms with Gasteiger partial charge in [-0.05, 0) is 69.7 Å². The van der Waals surface area contributed by atoms with Gasteiger partial charge >= 0.3 is 0 Å². The summed E-state index contributed by atoms with van der Waals surface area (Å²) in [5.74, 6) is 0.346. The molecule has 0 unspecified atom stereocenters. The van der Waals surface area contributed by atoms with Crippen LogP contribution in [0.25, 0.3) is 10.8 Å². The molecule has 0 saturated heterocycles. The lowest BCUT2D eigenvalue weighted by Crippen LogP contribution is -2.27. The van der Waals surface area contributed by atoms with Gasteiger partial charge in [0.2, 0.25) is 0 Å². The molecule has 0 bridgehead atoms. The first-order valence-corrected chi connectivity index (χ1v) is 10.6. The van der Waals surface area contributed by atoms with Gasteiger partial charge in [-0.1, -0.05) is 52.3 Å². The lowest BCUT2D eigenvalue weighted by molar-refractivity contribution is -0.123. The SMILES string of the molecule is O=C(COc1ccc2cc(Br)ccc2c1Br)N/N=C1\CCCc2ccccc21. The number of hydrazone groups is 1. The maximum Gasteiger partial charge on any atom is 0.277 e. The molecule has 0 radical (unpaired) electrons. The van der Waals surface area contributed by atoms with E-state index in [2.05, 4.69) is 54.5 Å². The van der Waals surface area contributed by atoms with Crippen molar-refractivity contribution < 1.29 is 9.53 Å². The number of aryl methyl sites for hydroxylation is 1. The average molecular weight is 502 g/mol. The van der Waals surface area contributed by atoms with Crippen LogP contribution in [0.1, 0.15) is 24.0 Å². The number of halogens is 2. The third kappa shape index (κ3) is 4.13. The third-order valence-electron chi connectivity index (χ3n) is 4.74. The Morgan fingerprint density at radius 2 is 1.93 bits per heavy atom. The minimum atomic E-state index is -0.279. The van der Waals surface area contributed by atoms with Crippen LogP contribution in [-0.2, 0) is 11.2 Å². The molecule has 0 saturated carbocycles. The Morgan fingerprint density at radius 1 is 1.07 bits per heavy atom. The van der Waals surface area contributed by atoms with E-state index in [0.717, 1.165) is 50.3 Å². The molecular formula is C22H18Br2N2O2. The summed E-state index contributed by atoms with van der Waals surface area (Å²) in [4.78, 5) is 12.2. The van der Waals surface area contributed by atoms with Crippen LogP contribution in [0.3, 0.4) is 0 Å². The molecule has 0 heterocycles. The summed E-state index contributed by atoms with van der Waals surface area (Å²) in [6.45, 7) is -0.0982. The van der Waals surface area contributed by atoms with Gasteiger partial charge in [0.25, 0.3) is 5.91 Å². The fourth-order valence-electron chi connectivity index (χ4n) is 3.38. The molecule has 1 amide bonds. The van der Waals surface area contributed by atoms with Crippen molar-refractivity contribution in [2.75, 3.05) is 6.61 Å². The molecule has 0 fully saturated rings. The Kier molecular flexibility index (Phi) is 5.78. The zero-order valence-corrected chi connectivity index (χ0v) is 18.2. The Labute approximate surface area is 180 Å². The van der Waals surface area contributed by atoms with Gasteiger partial charge in [0, 0.05) is 10.0 Å². The molecule has 0 aromatic heterocycles. The summed E-state index contributed by atoms with van der Waals surface area (Å²) < 4.78 is 7.55. The zero-order valence-electron chi connectivity index (χ0n) is 15.0. The second-order valence-electron chi connectivity index (χ2n) is 6.64. The molecule has 0 atom stereocenters. The minimum Gasteiger partial charge on any atom is -0.483 e. The topological polar surface area (TPSA) is 50.7 Å². The second kappa shape index (κ2) is 8.45. The monoisotopic (exact) mass is 500 g/mol. The largest absolute Gasteiger partial charge is 0.483 e. The Balaban J connectivity index is 1.42. The summed E-state index contributed by atoms with van der Waals surface area (Å²) >= 11 is 7.05. The summed E-state index contributed by atoms with van der Waals surface area (Å²) in [6.07, 6.45) is 2.96. The van der Waals surface area contributed by atoms with E-state index in [0.29, 0.717) is 5.75 Å². The molecule has 4 nitrogen and oxygen atoms in total. The number of carbonyl (C=O) groups excluding carboxylic acids is 1. The summed E-state index contributed by atoms with van der Waals surface area (Å²) in [7, 11) is 0. The van der Waals surface area contributed by atoms with Crippen LogP contribution < -0.4 is 10.2 Å². The number of hydrogen-bond donors (Lipinski definition) is 1. The van der Waals surface area contributed by atoms with Crippen LogP contribution >= 0.6 is 31.9 Å². The minimum absolute atomic E-state index is 0.0982. The number of nitrogens with one attached hydrogen (secondary N) is 1. The van der Waals surface area contributed by atoms with E-state index in [4.69, 9.17) is 4.74 Å². The van der Waals surface area contributed by atoms with Gasteiger partial charge in [0.05, 0.1) is 10.2 Å². The zero-order chi connectivity index (χ0) is 19.5. The first-order chi connectivity index (χ1) is 13.6. The van der Waals surface area contributed by atoms with Gasteiger partial charge in [-0.25, -0.2) is 5.43 Å². The highest BCUT2D eigenvalue weighted by atomic mass is 79.9. The van der Waals surface area contributed by atoms with E-state index >= 15 is 0 Å². The Morgan fingerprint density at radius 3 is 2.82 bits per heavy atom. The van der Waals surface area contributed by atoms with E-state index in [1.807, 2.05) is 42.5 Å². The third-order valence-corrected chi connectivity index (χ3v) is 6.05. The first kappa shape index (κ1) is 19.2. The lowest BCUT2D eigenvalue weighted by atomic mass is 9.90. The number of ether oxygens (including phenoxy) is 1. The molecule has 28 heavy (non-hydrogen) atoms. The summed E-state index contributed by atoms with van der Waals surface area (Å²) in [5.41, 5.74) is 5.96. The van der Waals surface area contributed by atoms with Crippen LogP contribution in [0.15, 0.2) is 68.6 Å². The van der Waals surface area contributed by atoms with Gasteiger partial charge in [-0.2, -0.15) is 5.10 Å². The van der Waals surface area contributed by atoms with Crippen LogP contribution in [0.5, 0.6) is 5.75 Å². The molecule has 1 aliphatic rings. The van der Waals surface area contributed by atoms with Gasteiger partial charge in [-0.3, -0.25) is 4.79 Å². The normalized spacial score (nSPS) is 14.7. The van der Waals surface area contributed by atoms with Crippen molar-refractivity contribution >= 4 is 54.3 Å². The van der Waals surface area contributed by atoms with E-state index in [1.54, 1.807) is 0 Å². The molecule has 1 N–H and O–H groups in total. The standard InChI is InChI=1S/C22H18Br2N2O2/c23-16-9-10-18-15(12-16)8-11-20(22(18)24)28-13-21(27)26-25-19-7-3-5-14-4-1-2-6-17(14)19/h1-2,4,6,8-12H,3,5,7,13H2,(H,26,27)/b25-19+. The van der Waals surface area contributed by atoms with Crippen molar-refractivity contribution in [2.24, 2.45) is 5.10 Å². The van der Waals surface area contributed by atoms with Gasteiger partial charge < -0.3 is 4.74 Å². The lowest BCUT2D eigenvalue weighted by Gasteiger charge is -2.17. The molecule has 142 valence electrons. The van der Waals surface area contributed by atoms with E-state index in [1.165, 1.54) is 5.56 Å². The number of fused-ring (bicyclic) bond motifs is 2. The number of benzene rings is 3. The predicted octanol–water partition coefficient (Wildman–Crippen LogP) is 5.60. The molecule has 3 aromatic carbocycles. The van der Waals surface area contributed by atoms with Gasteiger partial charge in [-0.15, -0.1) is 0 Å². The quantitative estimate of drug-likeness (QED) is 0.473. The fourth-order valence-corrected chi connectivity index (χ4v) is 4.36. The van der Waals surface area contributed by atoms with Crippen LogP contribution in [0.4, 0.5) is 0 Å². The molecule has 0 aliphatic heterocycles. The van der Waals surface area contributed by atoms with Crippen LogP contribution in [0.2, 0.25) is 0 Å². The van der Waals surface area contributed by atoms with Crippen molar-refractivity contribution in [1.29, 1.82) is 0 Å². The molecule has 4 rings (SSSR count). The Bertz CT molecular complexity index is 1080. The van der Waals surface area contributed by atoms with Crippen molar-refractivity contribution in [3.8, 4) is 5.75 Å². The molecule has 3 aromatic rings. The number of hydrogen-bond acceptors (Lipinski definition) is 3. The Hall–Kier alpha value is -2.18. The summed E-state index contributed by atoms with van der Waals surface area (Å²) in [6, 6.07) is 18.0. The average Bonchev–Trinajstić information content (AvgIpc) is 2.71. The van der Waals surface area contributed by atoms with Crippen LogP contribution in [0, 0.1) is 0 Å². The predicted molar refractivity (Wildman–Crippen MR) is 119 cm³/mol. The van der Waals surface area contributed by atoms with E-state index in [-0.39, 0.29) is 12.5 Å². The maximum absolute atomic E-state index is 12.2. The molecular weight excluding hydrogens is 484 g/mol. The molecule has 1 aliphatic carbocycles. The molecule has 0 spiro atoms. The van der Waals surface area contributed by atoms with Crippen LogP contribution in [-0.4, -0.2) is 18.2 Å². The molecule has 6 heteroatoms.